The van der Waals surface area contributed by atoms with E-state index in [4.69, 9.17) is 4.74 Å². The van der Waals surface area contributed by atoms with Gasteiger partial charge in [-0.05, 0) is 32.6 Å². The minimum absolute atomic E-state index is 0.144. The normalized spacial score (nSPS) is 24.3. The van der Waals surface area contributed by atoms with Crippen molar-refractivity contribution in [3.8, 4) is 0 Å². The molecule has 1 atom stereocenters. The summed E-state index contributed by atoms with van der Waals surface area (Å²) in [5.41, 5.74) is 1.02. The van der Waals surface area contributed by atoms with Crippen molar-refractivity contribution in [2.24, 2.45) is 13.0 Å². The first-order chi connectivity index (χ1) is 9.66. The Labute approximate surface area is 119 Å². The molecule has 0 aliphatic carbocycles. The van der Waals surface area contributed by atoms with Gasteiger partial charge in [-0.15, -0.1) is 0 Å². The molecule has 2 saturated heterocycles. The first-order valence-corrected chi connectivity index (χ1v) is 7.55. The van der Waals surface area contributed by atoms with Crippen molar-refractivity contribution < 1.29 is 9.53 Å². The second-order valence-electron chi connectivity index (χ2n) is 5.93. The Balaban J connectivity index is 1.78. The van der Waals surface area contributed by atoms with Crippen LogP contribution in [0.4, 0.5) is 0 Å². The van der Waals surface area contributed by atoms with Crippen molar-refractivity contribution in [1.82, 2.24) is 14.5 Å². The fourth-order valence-electron chi connectivity index (χ4n) is 3.42. The first-order valence-electron chi connectivity index (χ1n) is 7.55. The molecule has 5 heteroatoms. The van der Waals surface area contributed by atoms with Crippen molar-refractivity contribution >= 4 is 5.91 Å². The van der Waals surface area contributed by atoms with Gasteiger partial charge in [0.15, 0.2) is 0 Å². The molecular weight excluding hydrogens is 254 g/mol. The molecule has 0 saturated carbocycles. The van der Waals surface area contributed by atoms with E-state index < -0.39 is 0 Å². The van der Waals surface area contributed by atoms with Gasteiger partial charge >= 0.3 is 0 Å². The molecule has 110 valence electrons. The number of hydrogen-bond donors (Lipinski definition) is 0. The van der Waals surface area contributed by atoms with E-state index in [0.29, 0.717) is 5.91 Å². The van der Waals surface area contributed by atoms with Crippen LogP contribution in [0.3, 0.4) is 0 Å². The minimum atomic E-state index is 0.144. The Morgan fingerprint density at radius 2 is 2.10 bits per heavy atom. The van der Waals surface area contributed by atoms with Crippen molar-refractivity contribution in [3.05, 3.63) is 17.7 Å². The molecule has 0 aromatic carbocycles. The number of nitrogens with zero attached hydrogens (tertiary/aromatic N) is 3. The van der Waals surface area contributed by atoms with E-state index in [1.54, 1.807) is 0 Å². The number of aromatic nitrogens is 2. The van der Waals surface area contributed by atoms with E-state index in [1.165, 1.54) is 0 Å². The van der Waals surface area contributed by atoms with Gasteiger partial charge in [-0.25, -0.2) is 4.98 Å². The van der Waals surface area contributed by atoms with Crippen LogP contribution in [0.15, 0.2) is 6.20 Å². The van der Waals surface area contributed by atoms with Gasteiger partial charge in [-0.3, -0.25) is 4.79 Å². The predicted octanol–water partition coefficient (Wildman–Crippen LogP) is 1.82. The quantitative estimate of drug-likeness (QED) is 0.828. The summed E-state index contributed by atoms with van der Waals surface area (Å²) >= 11 is 0. The lowest BCUT2D eigenvalue weighted by Crippen LogP contribution is -2.38. The van der Waals surface area contributed by atoms with Crippen molar-refractivity contribution in [2.45, 2.75) is 38.6 Å². The average molecular weight is 277 g/mol. The Bertz CT molecular complexity index is 491. The number of aryl methyl sites for hydroxylation is 2. The molecule has 20 heavy (non-hydrogen) atoms. The molecule has 0 spiro atoms. The third kappa shape index (κ3) is 2.46. The molecule has 0 radical (unpaired) electrons. The third-order valence-electron chi connectivity index (χ3n) is 4.44. The van der Waals surface area contributed by atoms with Gasteiger partial charge in [0.25, 0.3) is 0 Å². The van der Waals surface area contributed by atoms with Crippen LogP contribution < -0.4 is 0 Å². The zero-order valence-corrected chi connectivity index (χ0v) is 12.3. The van der Waals surface area contributed by atoms with Gasteiger partial charge in [-0.2, -0.15) is 0 Å². The molecule has 1 aromatic heterocycles. The van der Waals surface area contributed by atoms with Crippen molar-refractivity contribution in [1.29, 1.82) is 0 Å². The first kappa shape index (κ1) is 13.6. The van der Waals surface area contributed by atoms with Crippen LogP contribution in [0, 0.1) is 12.8 Å². The second kappa shape index (κ2) is 5.56. The van der Waals surface area contributed by atoms with Crippen LogP contribution in [-0.4, -0.2) is 40.1 Å². The van der Waals surface area contributed by atoms with Gasteiger partial charge in [0.05, 0.1) is 11.7 Å². The van der Waals surface area contributed by atoms with Gasteiger partial charge in [-0.1, -0.05) is 0 Å². The zero-order chi connectivity index (χ0) is 14.1. The summed E-state index contributed by atoms with van der Waals surface area (Å²) in [6, 6.07) is 0.157. The van der Waals surface area contributed by atoms with Crippen LogP contribution >= 0.6 is 0 Å². The number of rotatable bonds is 2. The van der Waals surface area contributed by atoms with Gasteiger partial charge in [0.2, 0.25) is 5.91 Å². The third-order valence-corrected chi connectivity index (χ3v) is 4.44. The summed E-state index contributed by atoms with van der Waals surface area (Å²) in [6.07, 6.45) is 5.86. The number of carbonyl (C=O) groups excluding carboxylic acids is 1. The maximum Gasteiger partial charge on any atom is 0.226 e. The van der Waals surface area contributed by atoms with E-state index in [-0.39, 0.29) is 12.0 Å². The fourth-order valence-corrected chi connectivity index (χ4v) is 3.42. The molecule has 5 nitrogen and oxygen atoms in total. The number of hydrogen-bond acceptors (Lipinski definition) is 3. The highest BCUT2D eigenvalue weighted by atomic mass is 16.5. The van der Waals surface area contributed by atoms with E-state index in [1.807, 2.05) is 20.2 Å². The average Bonchev–Trinajstić information content (AvgIpc) is 3.05. The molecule has 3 heterocycles. The van der Waals surface area contributed by atoms with E-state index in [2.05, 4.69) is 14.5 Å². The summed E-state index contributed by atoms with van der Waals surface area (Å²) in [6.45, 7) is 4.31. The van der Waals surface area contributed by atoms with Crippen LogP contribution in [0.25, 0.3) is 0 Å². The smallest absolute Gasteiger partial charge is 0.226 e. The summed E-state index contributed by atoms with van der Waals surface area (Å²) in [5.74, 6) is 1.47. The summed E-state index contributed by atoms with van der Waals surface area (Å²) in [5, 5.41) is 0. The molecule has 2 aliphatic heterocycles. The van der Waals surface area contributed by atoms with Crippen LogP contribution in [0.5, 0.6) is 0 Å². The maximum atomic E-state index is 12.7. The number of likely N-dealkylation sites (tertiary alicyclic amines) is 1. The van der Waals surface area contributed by atoms with E-state index >= 15 is 0 Å². The number of amides is 1. The minimum Gasteiger partial charge on any atom is -0.381 e. The van der Waals surface area contributed by atoms with Gasteiger partial charge in [0, 0.05) is 38.9 Å². The second-order valence-corrected chi connectivity index (χ2v) is 5.93. The summed E-state index contributed by atoms with van der Waals surface area (Å²) in [7, 11) is 2.02. The van der Waals surface area contributed by atoms with Crippen LogP contribution in [0.2, 0.25) is 0 Å². The highest BCUT2D eigenvalue weighted by molar-refractivity contribution is 5.79. The lowest BCUT2D eigenvalue weighted by Gasteiger charge is -2.30. The number of imidazole rings is 1. The Morgan fingerprint density at radius 1 is 1.35 bits per heavy atom. The molecule has 2 fully saturated rings. The number of carbonyl (C=O) groups is 1. The Kier molecular flexibility index (Phi) is 3.78. The Morgan fingerprint density at radius 3 is 2.75 bits per heavy atom. The lowest BCUT2D eigenvalue weighted by molar-refractivity contribution is -0.139. The van der Waals surface area contributed by atoms with E-state index in [9.17, 15) is 4.79 Å². The molecule has 0 N–H and O–H groups in total. The highest BCUT2D eigenvalue weighted by Crippen LogP contribution is 2.33. The predicted molar refractivity (Wildman–Crippen MR) is 75.2 cm³/mol. The maximum absolute atomic E-state index is 12.7. The summed E-state index contributed by atoms with van der Waals surface area (Å²) in [4.78, 5) is 19.4. The molecule has 0 bridgehead atoms. The molecule has 2 aliphatic rings. The highest BCUT2D eigenvalue weighted by Gasteiger charge is 2.36. The topological polar surface area (TPSA) is 47.4 Å². The van der Waals surface area contributed by atoms with Crippen molar-refractivity contribution in [3.63, 3.8) is 0 Å². The van der Waals surface area contributed by atoms with Gasteiger partial charge < -0.3 is 14.2 Å². The molecule has 3 rings (SSSR count). The summed E-state index contributed by atoms with van der Waals surface area (Å²) < 4.78 is 7.42. The fraction of sp³-hybridized carbons (Fsp3) is 0.733. The molecule has 1 aromatic rings. The van der Waals surface area contributed by atoms with Gasteiger partial charge in [0.1, 0.15) is 5.82 Å². The standard InChI is InChI=1S/C15H23N3O2/c1-11-10-17(2)14(16-11)13-4-3-7-18(13)15(19)12-5-8-20-9-6-12/h10,12-13H,3-9H2,1-2H3/t13-/m0/s1. The Hall–Kier alpha value is -1.36. The monoisotopic (exact) mass is 277 g/mol. The molecule has 1 amide bonds. The zero-order valence-electron chi connectivity index (χ0n) is 12.3. The number of ether oxygens (including phenoxy) is 1. The molecular formula is C15H23N3O2. The van der Waals surface area contributed by atoms with Crippen molar-refractivity contribution in [2.75, 3.05) is 19.8 Å². The SMILES string of the molecule is Cc1cn(C)c([C@@H]2CCCN2C(=O)C2CCOCC2)n1. The lowest BCUT2D eigenvalue weighted by atomic mass is 9.98. The molecule has 0 unspecified atom stereocenters. The van der Waals surface area contributed by atoms with Crippen LogP contribution in [0.1, 0.15) is 43.2 Å². The van der Waals surface area contributed by atoms with Crippen LogP contribution in [-0.2, 0) is 16.6 Å². The largest absolute Gasteiger partial charge is 0.381 e. The van der Waals surface area contributed by atoms with E-state index in [0.717, 1.165) is 57.0 Å².